The van der Waals surface area contributed by atoms with E-state index in [9.17, 15) is 4.39 Å². The first-order valence-electron chi connectivity index (χ1n) is 7.37. The molecule has 0 aromatic carbocycles. The summed E-state index contributed by atoms with van der Waals surface area (Å²) in [7, 11) is 0. The highest BCUT2D eigenvalue weighted by Gasteiger charge is 2.21. The quantitative estimate of drug-likeness (QED) is 0.783. The lowest BCUT2D eigenvalue weighted by molar-refractivity contribution is 0.608. The van der Waals surface area contributed by atoms with Gasteiger partial charge in [0.2, 0.25) is 0 Å². The van der Waals surface area contributed by atoms with Crippen LogP contribution in [0.25, 0.3) is 0 Å². The fraction of sp³-hybridized carbons (Fsp3) is 0.667. The highest BCUT2D eigenvalue weighted by molar-refractivity contribution is 5.47. The minimum absolute atomic E-state index is 0.246. The fourth-order valence-corrected chi connectivity index (χ4v) is 2.29. The highest BCUT2D eigenvalue weighted by atomic mass is 19.1. The lowest BCUT2D eigenvalue weighted by Crippen LogP contribution is -2.28. The molecule has 106 valence electrons. The van der Waals surface area contributed by atoms with Crippen LogP contribution in [0.2, 0.25) is 0 Å². The predicted octanol–water partition coefficient (Wildman–Crippen LogP) is 3.10. The Hall–Kier alpha value is -1.16. The maximum atomic E-state index is 13.4. The maximum absolute atomic E-state index is 13.4. The van der Waals surface area contributed by atoms with Gasteiger partial charge in [-0.05, 0) is 31.7 Å². The van der Waals surface area contributed by atoms with Gasteiger partial charge in [-0.2, -0.15) is 0 Å². The molecular formula is C15H24FN3. The van der Waals surface area contributed by atoms with Crippen molar-refractivity contribution in [3.05, 3.63) is 23.6 Å². The van der Waals surface area contributed by atoms with Gasteiger partial charge in [-0.15, -0.1) is 0 Å². The summed E-state index contributed by atoms with van der Waals surface area (Å²) < 4.78 is 13.4. The van der Waals surface area contributed by atoms with E-state index in [1.165, 1.54) is 19.0 Å². The van der Waals surface area contributed by atoms with Crippen LogP contribution in [0.3, 0.4) is 0 Å². The van der Waals surface area contributed by atoms with E-state index in [0.717, 1.165) is 37.3 Å². The summed E-state index contributed by atoms with van der Waals surface area (Å²) in [4.78, 5) is 6.59. The van der Waals surface area contributed by atoms with Gasteiger partial charge in [0.05, 0.1) is 6.20 Å². The molecule has 1 aliphatic rings. The third-order valence-corrected chi connectivity index (χ3v) is 3.35. The van der Waals surface area contributed by atoms with E-state index in [2.05, 4.69) is 29.0 Å². The molecule has 1 aromatic heterocycles. The van der Waals surface area contributed by atoms with Crippen molar-refractivity contribution in [1.82, 2.24) is 10.3 Å². The minimum atomic E-state index is -0.246. The first-order valence-corrected chi connectivity index (χ1v) is 7.37. The molecule has 1 N–H and O–H groups in total. The maximum Gasteiger partial charge on any atom is 0.141 e. The molecule has 1 fully saturated rings. The van der Waals surface area contributed by atoms with Crippen molar-refractivity contribution in [2.75, 3.05) is 18.0 Å². The largest absolute Gasteiger partial charge is 0.356 e. The van der Waals surface area contributed by atoms with Crippen molar-refractivity contribution in [1.29, 1.82) is 0 Å². The summed E-state index contributed by atoms with van der Waals surface area (Å²) in [5.74, 6) is 0.697. The summed E-state index contributed by atoms with van der Waals surface area (Å²) in [6.07, 6.45) is 5.97. The molecule has 19 heavy (non-hydrogen) atoms. The Morgan fingerprint density at radius 3 is 2.58 bits per heavy atom. The van der Waals surface area contributed by atoms with Crippen LogP contribution in [0.4, 0.5) is 10.2 Å². The van der Waals surface area contributed by atoms with Gasteiger partial charge < -0.3 is 10.2 Å². The van der Waals surface area contributed by atoms with Crippen LogP contribution in [0, 0.1) is 5.82 Å². The second-order valence-electron chi connectivity index (χ2n) is 5.28. The van der Waals surface area contributed by atoms with Gasteiger partial charge >= 0.3 is 0 Å². The standard InChI is InChI=1S/C15H24FN3/c1-3-7-19(8-4-2)15-12(9-13(16)11-18-15)10-17-14-5-6-14/h9,11,14,17H,3-8,10H2,1-2H3. The molecule has 0 saturated heterocycles. The molecule has 0 atom stereocenters. The Kier molecular flexibility index (Phi) is 5.14. The topological polar surface area (TPSA) is 28.2 Å². The zero-order chi connectivity index (χ0) is 13.7. The number of aromatic nitrogens is 1. The first kappa shape index (κ1) is 14.3. The van der Waals surface area contributed by atoms with Crippen LogP contribution in [0.15, 0.2) is 12.3 Å². The number of halogens is 1. The zero-order valence-corrected chi connectivity index (χ0v) is 12.0. The molecule has 0 radical (unpaired) electrons. The normalized spacial score (nSPS) is 14.7. The second-order valence-corrected chi connectivity index (χ2v) is 5.28. The van der Waals surface area contributed by atoms with E-state index in [-0.39, 0.29) is 5.82 Å². The average Bonchev–Trinajstić information content (AvgIpc) is 3.20. The zero-order valence-electron chi connectivity index (χ0n) is 12.0. The number of nitrogens with zero attached hydrogens (tertiary/aromatic N) is 2. The Balaban J connectivity index is 2.14. The van der Waals surface area contributed by atoms with Gasteiger partial charge in [0.15, 0.2) is 0 Å². The Morgan fingerprint density at radius 2 is 2.00 bits per heavy atom. The van der Waals surface area contributed by atoms with Gasteiger partial charge in [-0.3, -0.25) is 0 Å². The van der Waals surface area contributed by atoms with Crippen LogP contribution >= 0.6 is 0 Å². The summed E-state index contributed by atoms with van der Waals surface area (Å²) in [6.45, 7) is 6.99. The van der Waals surface area contributed by atoms with Crippen LogP contribution in [0.1, 0.15) is 45.1 Å². The van der Waals surface area contributed by atoms with Crippen molar-refractivity contribution in [2.45, 2.75) is 52.1 Å². The highest BCUT2D eigenvalue weighted by Crippen LogP contribution is 2.23. The summed E-state index contributed by atoms with van der Waals surface area (Å²) in [5, 5.41) is 3.45. The molecule has 0 aliphatic heterocycles. The average molecular weight is 265 g/mol. The number of anilines is 1. The van der Waals surface area contributed by atoms with Crippen molar-refractivity contribution >= 4 is 5.82 Å². The molecule has 0 bridgehead atoms. The molecule has 3 nitrogen and oxygen atoms in total. The lowest BCUT2D eigenvalue weighted by atomic mass is 10.2. The Morgan fingerprint density at radius 1 is 1.32 bits per heavy atom. The van der Waals surface area contributed by atoms with E-state index >= 15 is 0 Å². The molecule has 4 heteroatoms. The minimum Gasteiger partial charge on any atom is -0.356 e. The number of rotatable bonds is 8. The molecule has 1 aliphatic carbocycles. The van der Waals surface area contributed by atoms with Gasteiger partial charge in [-0.1, -0.05) is 13.8 Å². The molecule has 1 heterocycles. The number of hydrogen-bond donors (Lipinski definition) is 1. The second kappa shape index (κ2) is 6.85. The first-order chi connectivity index (χ1) is 9.24. The van der Waals surface area contributed by atoms with Crippen molar-refractivity contribution in [3.63, 3.8) is 0 Å². The summed E-state index contributed by atoms with van der Waals surface area (Å²) in [6, 6.07) is 2.25. The van der Waals surface area contributed by atoms with Gasteiger partial charge in [-0.25, -0.2) is 9.37 Å². The Labute approximate surface area is 115 Å². The third kappa shape index (κ3) is 4.16. The lowest BCUT2D eigenvalue weighted by Gasteiger charge is -2.25. The summed E-state index contributed by atoms with van der Waals surface area (Å²) in [5.41, 5.74) is 0.980. The molecule has 0 unspecified atom stereocenters. The van der Waals surface area contributed by atoms with E-state index in [1.807, 2.05) is 0 Å². The van der Waals surface area contributed by atoms with Crippen LogP contribution in [-0.4, -0.2) is 24.1 Å². The number of pyridine rings is 1. The molecule has 0 amide bonds. The predicted molar refractivity (Wildman–Crippen MR) is 76.9 cm³/mol. The molecule has 0 spiro atoms. The molecule has 1 saturated carbocycles. The van der Waals surface area contributed by atoms with E-state index in [0.29, 0.717) is 12.6 Å². The SMILES string of the molecule is CCCN(CCC)c1ncc(F)cc1CNC1CC1. The summed E-state index contributed by atoms with van der Waals surface area (Å²) >= 11 is 0. The van der Waals surface area contributed by atoms with Gasteiger partial charge in [0.1, 0.15) is 11.6 Å². The van der Waals surface area contributed by atoms with Crippen molar-refractivity contribution in [3.8, 4) is 0 Å². The van der Waals surface area contributed by atoms with Gasteiger partial charge in [0, 0.05) is 31.2 Å². The number of nitrogens with one attached hydrogen (secondary N) is 1. The monoisotopic (exact) mass is 265 g/mol. The fourth-order valence-electron chi connectivity index (χ4n) is 2.29. The smallest absolute Gasteiger partial charge is 0.141 e. The van der Waals surface area contributed by atoms with Crippen LogP contribution < -0.4 is 10.2 Å². The third-order valence-electron chi connectivity index (χ3n) is 3.35. The van der Waals surface area contributed by atoms with E-state index in [4.69, 9.17) is 0 Å². The van der Waals surface area contributed by atoms with E-state index < -0.39 is 0 Å². The molecule has 2 rings (SSSR count). The number of hydrogen-bond acceptors (Lipinski definition) is 3. The van der Waals surface area contributed by atoms with Crippen molar-refractivity contribution in [2.24, 2.45) is 0 Å². The van der Waals surface area contributed by atoms with E-state index in [1.54, 1.807) is 6.07 Å². The van der Waals surface area contributed by atoms with Crippen LogP contribution in [-0.2, 0) is 6.54 Å². The van der Waals surface area contributed by atoms with Gasteiger partial charge in [0.25, 0.3) is 0 Å². The molecule has 1 aromatic rings. The van der Waals surface area contributed by atoms with Crippen LogP contribution in [0.5, 0.6) is 0 Å². The molecular weight excluding hydrogens is 241 g/mol. The Bertz CT molecular complexity index is 398. The van der Waals surface area contributed by atoms with Crippen molar-refractivity contribution < 1.29 is 4.39 Å².